The van der Waals surface area contributed by atoms with Crippen molar-refractivity contribution >= 4 is 17.1 Å². The quantitative estimate of drug-likeness (QED) is 0.731. The second-order valence-electron chi connectivity index (χ2n) is 5.82. The monoisotopic (exact) mass is 332 g/mol. The number of fused-ring (bicyclic) bond motifs is 1. The van der Waals surface area contributed by atoms with E-state index >= 15 is 0 Å². The Balaban J connectivity index is 1.69. The predicted octanol–water partition coefficient (Wildman–Crippen LogP) is 0.494. The molecule has 1 saturated heterocycles. The number of methoxy groups -OCH3 is 1. The van der Waals surface area contributed by atoms with Gasteiger partial charge in [-0.25, -0.2) is 9.78 Å². The molecule has 3 rings (SSSR count). The van der Waals surface area contributed by atoms with E-state index < -0.39 is 18.2 Å². The Morgan fingerprint density at radius 3 is 3.00 bits per heavy atom. The molecule has 0 aromatic carbocycles. The first-order valence-electron chi connectivity index (χ1n) is 7.75. The summed E-state index contributed by atoms with van der Waals surface area (Å²) in [7, 11) is 1.57. The van der Waals surface area contributed by atoms with Crippen LogP contribution in [-0.2, 0) is 6.42 Å². The highest BCUT2D eigenvalue weighted by Crippen LogP contribution is 2.19. The van der Waals surface area contributed by atoms with Crippen molar-refractivity contribution in [3.05, 3.63) is 30.0 Å². The van der Waals surface area contributed by atoms with Gasteiger partial charge in [0.25, 0.3) is 0 Å². The van der Waals surface area contributed by atoms with E-state index in [1.807, 2.05) is 17.0 Å². The summed E-state index contributed by atoms with van der Waals surface area (Å²) in [6.07, 6.45) is 0.677. The Kier molecular flexibility index (Phi) is 4.77. The molecular weight excluding hydrogens is 312 g/mol. The Bertz CT molecular complexity index is 739. The largest absolute Gasteiger partial charge is 0.481 e. The average molecular weight is 332 g/mol. The summed E-state index contributed by atoms with van der Waals surface area (Å²) in [5.41, 5.74) is 2.65. The van der Waals surface area contributed by atoms with Gasteiger partial charge in [0, 0.05) is 31.9 Å². The van der Waals surface area contributed by atoms with Crippen LogP contribution in [0.3, 0.4) is 0 Å². The van der Waals surface area contributed by atoms with Crippen LogP contribution in [0.15, 0.2) is 24.4 Å². The standard InChI is InChI=1S/C16H20N4O4/c1-24-14-3-2-11-15(19-14)10(4-6-17-11)5-7-20-8-12(13(21)9-20)18-16(22)23/h2-4,6,12-13,18,21H,5,7-9H2,1H3,(H,22,23)/t12-,13+/m0/s1. The highest BCUT2D eigenvalue weighted by molar-refractivity contribution is 5.78. The first-order chi connectivity index (χ1) is 11.6. The molecule has 2 atom stereocenters. The Morgan fingerprint density at radius 2 is 2.25 bits per heavy atom. The number of nitrogens with one attached hydrogen (secondary N) is 1. The van der Waals surface area contributed by atoms with Gasteiger partial charge in [-0.2, -0.15) is 0 Å². The SMILES string of the molecule is COc1ccc2nccc(CCN3C[C@@H](O)[C@@H](NC(=O)O)C3)c2n1. The number of nitrogens with zero attached hydrogens (tertiary/aromatic N) is 3. The van der Waals surface area contributed by atoms with Crippen LogP contribution < -0.4 is 10.1 Å². The second-order valence-corrected chi connectivity index (χ2v) is 5.82. The Labute approximate surface area is 139 Å². The van der Waals surface area contributed by atoms with Gasteiger partial charge in [0.1, 0.15) is 0 Å². The third-order valence-electron chi connectivity index (χ3n) is 4.22. The molecule has 0 radical (unpaired) electrons. The predicted molar refractivity (Wildman–Crippen MR) is 87.2 cm³/mol. The van der Waals surface area contributed by atoms with E-state index in [1.165, 1.54) is 0 Å². The number of hydrogen-bond donors (Lipinski definition) is 3. The van der Waals surface area contributed by atoms with Gasteiger partial charge in [-0.15, -0.1) is 0 Å². The van der Waals surface area contributed by atoms with E-state index in [4.69, 9.17) is 9.84 Å². The third kappa shape index (κ3) is 3.55. The summed E-state index contributed by atoms with van der Waals surface area (Å²) < 4.78 is 5.17. The molecule has 1 amide bonds. The number of aliphatic hydroxyl groups is 1. The first-order valence-corrected chi connectivity index (χ1v) is 7.75. The minimum Gasteiger partial charge on any atom is -0.481 e. The van der Waals surface area contributed by atoms with E-state index in [9.17, 15) is 9.90 Å². The van der Waals surface area contributed by atoms with Crippen molar-refractivity contribution in [1.29, 1.82) is 0 Å². The van der Waals surface area contributed by atoms with Gasteiger partial charge in [0.15, 0.2) is 0 Å². The number of pyridine rings is 2. The van der Waals surface area contributed by atoms with Crippen LogP contribution in [0.4, 0.5) is 4.79 Å². The van der Waals surface area contributed by atoms with Gasteiger partial charge in [-0.3, -0.25) is 9.88 Å². The molecule has 0 bridgehead atoms. The summed E-state index contributed by atoms with van der Waals surface area (Å²) >= 11 is 0. The van der Waals surface area contributed by atoms with Crippen LogP contribution in [0, 0.1) is 0 Å². The van der Waals surface area contributed by atoms with E-state index in [0.29, 0.717) is 25.5 Å². The average Bonchev–Trinajstić information content (AvgIpc) is 2.91. The summed E-state index contributed by atoms with van der Waals surface area (Å²) in [6, 6.07) is 5.12. The van der Waals surface area contributed by atoms with Crippen LogP contribution in [0.5, 0.6) is 5.88 Å². The highest BCUT2D eigenvalue weighted by Gasteiger charge is 2.32. The number of aromatic nitrogens is 2. The third-order valence-corrected chi connectivity index (χ3v) is 4.22. The van der Waals surface area contributed by atoms with E-state index in [0.717, 1.165) is 23.0 Å². The lowest BCUT2D eigenvalue weighted by Gasteiger charge is -2.16. The minimum absolute atomic E-state index is 0.449. The topological polar surface area (TPSA) is 108 Å². The Morgan fingerprint density at radius 1 is 1.42 bits per heavy atom. The molecule has 0 spiro atoms. The number of amides is 1. The van der Waals surface area contributed by atoms with Crippen molar-refractivity contribution in [2.24, 2.45) is 0 Å². The Hall–Kier alpha value is -2.45. The molecule has 0 aliphatic carbocycles. The molecule has 3 N–H and O–H groups in total. The molecule has 2 aromatic rings. The van der Waals surface area contributed by atoms with Crippen molar-refractivity contribution < 1.29 is 19.7 Å². The van der Waals surface area contributed by atoms with Crippen molar-refractivity contribution in [3.8, 4) is 5.88 Å². The van der Waals surface area contributed by atoms with Crippen LogP contribution in [0.2, 0.25) is 0 Å². The smallest absolute Gasteiger partial charge is 0.405 e. The van der Waals surface area contributed by atoms with Gasteiger partial charge in [0.05, 0.1) is 30.3 Å². The zero-order chi connectivity index (χ0) is 17.1. The number of β-amino-alcohol motifs (C(OH)–C–C–N with tert-alkyl or cyclic N) is 1. The molecule has 0 unspecified atom stereocenters. The molecule has 1 aliphatic rings. The molecule has 1 aliphatic heterocycles. The number of likely N-dealkylation sites (tertiary alicyclic amines) is 1. The fraction of sp³-hybridized carbons (Fsp3) is 0.438. The fourth-order valence-corrected chi connectivity index (χ4v) is 3.00. The zero-order valence-electron chi connectivity index (χ0n) is 13.3. The van der Waals surface area contributed by atoms with Crippen LogP contribution in [0.1, 0.15) is 5.56 Å². The number of carboxylic acid groups (broad SMARTS) is 1. The van der Waals surface area contributed by atoms with Crippen molar-refractivity contribution in [2.45, 2.75) is 18.6 Å². The normalized spacial score (nSPS) is 21.1. The second kappa shape index (κ2) is 6.98. The number of ether oxygens (including phenoxy) is 1. The first kappa shape index (κ1) is 16.4. The molecular formula is C16H20N4O4. The molecule has 24 heavy (non-hydrogen) atoms. The molecule has 0 saturated carbocycles. The maximum Gasteiger partial charge on any atom is 0.405 e. The van der Waals surface area contributed by atoms with Crippen molar-refractivity contribution in [3.63, 3.8) is 0 Å². The van der Waals surface area contributed by atoms with Crippen molar-refractivity contribution in [1.82, 2.24) is 20.2 Å². The zero-order valence-corrected chi connectivity index (χ0v) is 13.3. The number of aliphatic hydroxyl groups excluding tert-OH is 1. The summed E-state index contributed by atoms with van der Waals surface area (Å²) in [5.74, 6) is 0.541. The van der Waals surface area contributed by atoms with E-state index in [2.05, 4.69) is 15.3 Å². The van der Waals surface area contributed by atoms with E-state index in [1.54, 1.807) is 19.4 Å². The number of carbonyl (C=O) groups is 1. The van der Waals surface area contributed by atoms with E-state index in [-0.39, 0.29) is 0 Å². The number of rotatable bonds is 5. The maximum absolute atomic E-state index is 10.7. The molecule has 8 heteroatoms. The maximum atomic E-state index is 10.7. The molecule has 1 fully saturated rings. The van der Waals surface area contributed by atoms with Gasteiger partial charge in [-0.1, -0.05) is 0 Å². The molecule has 128 valence electrons. The van der Waals surface area contributed by atoms with Crippen molar-refractivity contribution in [2.75, 3.05) is 26.7 Å². The summed E-state index contributed by atoms with van der Waals surface area (Å²) in [5, 5.41) is 21.1. The fourth-order valence-electron chi connectivity index (χ4n) is 3.00. The van der Waals surface area contributed by atoms with Gasteiger partial charge < -0.3 is 20.3 Å². The lowest BCUT2D eigenvalue weighted by molar-refractivity contribution is 0.143. The summed E-state index contributed by atoms with van der Waals surface area (Å²) in [4.78, 5) is 21.5. The highest BCUT2D eigenvalue weighted by atomic mass is 16.5. The van der Waals surface area contributed by atoms with Crippen LogP contribution >= 0.6 is 0 Å². The molecule has 8 nitrogen and oxygen atoms in total. The van der Waals surface area contributed by atoms with Crippen LogP contribution in [0.25, 0.3) is 11.0 Å². The lowest BCUT2D eigenvalue weighted by Crippen LogP contribution is -2.42. The lowest BCUT2D eigenvalue weighted by atomic mass is 10.1. The summed E-state index contributed by atoms with van der Waals surface area (Å²) in [6.45, 7) is 1.64. The van der Waals surface area contributed by atoms with Crippen LogP contribution in [-0.4, -0.2) is 70.1 Å². The number of hydrogen-bond acceptors (Lipinski definition) is 6. The minimum atomic E-state index is -1.11. The molecule has 2 aromatic heterocycles. The van der Waals surface area contributed by atoms with Gasteiger partial charge in [0.2, 0.25) is 5.88 Å². The van der Waals surface area contributed by atoms with Gasteiger partial charge in [-0.05, 0) is 24.1 Å². The molecule has 3 heterocycles. The van der Waals surface area contributed by atoms with Gasteiger partial charge >= 0.3 is 6.09 Å².